The fourth-order valence-electron chi connectivity index (χ4n) is 14.7. The summed E-state index contributed by atoms with van der Waals surface area (Å²) in [5, 5.41) is 50.5. The van der Waals surface area contributed by atoms with Gasteiger partial charge in [-0.1, -0.05) is 55.4 Å². The molecular weight excluding hydrogens is 761 g/mol. The topological polar surface area (TPSA) is 162 Å². The molecule has 4 saturated heterocycles. The Bertz CT molecular complexity index is 1670. The second-order valence-corrected chi connectivity index (χ2v) is 24.3. The molecular formula is C48H86N4O8. The average Bonchev–Trinajstić information content (AvgIpc) is 3.08. The normalized spacial score (nSPS) is 34.3. The lowest BCUT2D eigenvalue weighted by atomic mass is 9.27. The lowest BCUT2D eigenvalue weighted by molar-refractivity contribution is -0.300. The molecule has 0 bridgehead atoms. The van der Waals surface area contributed by atoms with Gasteiger partial charge in [0.2, 0.25) is 0 Å². The van der Waals surface area contributed by atoms with Gasteiger partial charge < -0.3 is 40.0 Å². The van der Waals surface area contributed by atoms with Crippen LogP contribution in [-0.2, 0) is 19.2 Å². The van der Waals surface area contributed by atoms with Crippen molar-refractivity contribution in [2.24, 2.45) is 61.6 Å². The predicted octanol–water partition coefficient (Wildman–Crippen LogP) is 7.70. The Morgan fingerprint density at radius 3 is 0.967 bits per heavy atom. The summed E-state index contributed by atoms with van der Waals surface area (Å²) in [4.78, 5) is 70.8. The summed E-state index contributed by atoms with van der Waals surface area (Å²) in [6.07, 6.45) is -0.102. The van der Waals surface area contributed by atoms with Gasteiger partial charge >= 0.3 is 23.9 Å². The van der Waals surface area contributed by atoms with E-state index in [0.717, 1.165) is 0 Å². The smallest absolute Gasteiger partial charge is 0.312 e. The summed E-state index contributed by atoms with van der Waals surface area (Å²) in [6, 6.07) is 0. The highest BCUT2D eigenvalue weighted by Crippen LogP contribution is 2.79. The second-order valence-electron chi connectivity index (χ2n) is 24.3. The highest BCUT2D eigenvalue weighted by Gasteiger charge is 2.87. The lowest BCUT2D eigenvalue weighted by Crippen LogP contribution is -2.82. The van der Waals surface area contributed by atoms with Crippen LogP contribution in [0.25, 0.3) is 0 Å². The summed E-state index contributed by atoms with van der Waals surface area (Å²) >= 11 is 0. The summed E-state index contributed by atoms with van der Waals surface area (Å²) < 4.78 is 0. The largest absolute Gasteiger partial charge is 0.481 e. The van der Waals surface area contributed by atoms with Crippen LogP contribution < -0.4 is 0 Å². The number of likely N-dealkylation sites (tertiary alicyclic amines) is 4. The van der Waals surface area contributed by atoms with Gasteiger partial charge in [-0.15, -0.1) is 0 Å². The summed E-state index contributed by atoms with van der Waals surface area (Å²) in [7, 11) is 8.00. The molecule has 0 aromatic carbocycles. The molecule has 12 nitrogen and oxygen atoms in total. The Morgan fingerprint density at radius 2 is 0.700 bits per heavy atom. The first-order valence-corrected chi connectivity index (χ1v) is 22.6. The van der Waals surface area contributed by atoms with Crippen molar-refractivity contribution in [3.05, 3.63) is 0 Å². The molecule has 4 rings (SSSR count). The molecule has 6 unspecified atom stereocenters. The van der Waals surface area contributed by atoms with Crippen molar-refractivity contribution in [2.75, 3.05) is 54.4 Å². The van der Waals surface area contributed by atoms with Crippen LogP contribution in [0, 0.1) is 61.6 Å². The van der Waals surface area contributed by atoms with Crippen LogP contribution in [0.4, 0.5) is 0 Å². The number of hydrogen-bond acceptors (Lipinski definition) is 8. The standard InChI is InChI=1S/C48H86N4O8/c1-38(2)30(21-25-49(17)42(38,9)10)46(35(55)56,29-34(53)54)48(37(59)60,33-24-28-52(20)45(15,16)41(33,7)8)47(36(57)58,31-22-26-50(18)43(11,12)39(31,3)4)32-23-27-51(19)44(13,14)40(32,5)6/h30-33H,21-29H2,1-20H3,(H,53,54)(H,55,56)(H,57,58)(H,59,60). The van der Waals surface area contributed by atoms with E-state index in [1.165, 1.54) is 0 Å². The van der Waals surface area contributed by atoms with Gasteiger partial charge in [0, 0.05) is 22.2 Å². The number of aliphatic carboxylic acids is 4. The molecule has 4 N–H and O–H groups in total. The summed E-state index contributed by atoms with van der Waals surface area (Å²) in [6.45, 7) is 34.2. The maximum atomic E-state index is 16.3. The van der Waals surface area contributed by atoms with Gasteiger partial charge in [0.1, 0.15) is 5.41 Å². The SMILES string of the molecule is CN1CCC(C(CC(=O)O)(C(=O)O)C(C(=O)O)(C2CCN(C)C(C)(C)C2(C)C)C(C(=O)O)(C2CCN(C)C(C)(C)C2(C)C)C2CCN(C)C(C)(C)C2(C)C)C(C)(C)C1(C)C. The molecule has 346 valence electrons. The van der Waals surface area contributed by atoms with E-state index in [0.29, 0.717) is 39.0 Å². The first-order chi connectivity index (χ1) is 26.8. The van der Waals surface area contributed by atoms with Crippen molar-refractivity contribution in [3.63, 3.8) is 0 Å². The summed E-state index contributed by atoms with van der Waals surface area (Å²) in [5.74, 6) is -9.76. The van der Waals surface area contributed by atoms with E-state index in [-0.39, 0.29) is 12.8 Å². The molecule has 0 spiro atoms. The number of carbonyl (C=O) groups is 4. The molecule has 0 radical (unpaired) electrons. The molecule has 6 atom stereocenters. The average molecular weight is 847 g/mol. The fraction of sp³-hybridized carbons (Fsp3) is 0.917. The van der Waals surface area contributed by atoms with Crippen molar-refractivity contribution >= 4 is 23.9 Å². The third-order valence-corrected chi connectivity index (χ3v) is 21.7. The van der Waals surface area contributed by atoms with Crippen molar-refractivity contribution < 1.29 is 39.6 Å². The van der Waals surface area contributed by atoms with Crippen molar-refractivity contribution in [1.82, 2.24) is 19.6 Å². The zero-order chi connectivity index (χ0) is 46.8. The number of carboxylic acids is 4. The lowest BCUT2D eigenvalue weighted by Gasteiger charge is -2.75. The van der Waals surface area contributed by atoms with E-state index in [1.807, 2.05) is 83.6 Å². The van der Waals surface area contributed by atoms with E-state index in [2.05, 4.69) is 75.0 Å². The molecule has 4 heterocycles. The number of hydrogen-bond donors (Lipinski definition) is 4. The molecule has 4 fully saturated rings. The van der Waals surface area contributed by atoms with Gasteiger partial charge in [0.05, 0.1) is 17.3 Å². The van der Waals surface area contributed by atoms with E-state index in [4.69, 9.17) is 0 Å². The molecule has 60 heavy (non-hydrogen) atoms. The van der Waals surface area contributed by atoms with E-state index >= 15 is 14.4 Å². The third kappa shape index (κ3) is 6.00. The molecule has 12 heteroatoms. The van der Waals surface area contributed by atoms with Gasteiger partial charge in [0.25, 0.3) is 0 Å². The third-order valence-electron chi connectivity index (χ3n) is 21.7. The van der Waals surface area contributed by atoms with Gasteiger partial charge in [-0.2, -0.15) is 0 Å². The highest BCUT2D eigenvalue weighted by molar-refractivity contribution is 5.96. The zero-order valence-electron chi connectivity index (χ0n) is 41.4. The van der Waals surface area contributed by atoms with Crippen LogP contribution in [0.5, 0.6) is 0 Å². The Morgan fingerprint density at radius 1 is 0.433 bits per heavy atom. The predicted molar refractivity (Wildman–Crippen MR) is 237 cm³/mol. The minimum atomic E-state index is -2.69. The Hall–Kier alpha value is -2.28. The molecule has 0 amide bonds. The molecule has 0 aromatic heterocycles. The quantitative estimate of drug-likeness (QED) is 0.161. The fourth-order valence-corrected chi connectivity index (χ4v) is 14.7. The Labute approximate surface area is 363 Å². The molecule has 4 aliphatic heterocycles. The molecule has 4 aliphatic rings. The minimum Gasteiger partial charge on any atom is -0.481 e. The van der Waals surface area contributed by atoms with Crippen LogP contribution in [0.3, 0.4) is 0 Å². The van der Waals surface area contributed by atoms with Gasteiger partial charge in [-0.05, 0) is 181 Å². The molecule has 0 aromatic rings. The molecule has 0 aliphatic carbocycles. The van der Waals surface area contributed by atoms with Crippen molar-refractivity contribution in [3.8, 4) is 0 Å². The van der Waals surface area contributed by atoms with Crippen LogP contribution in [0.2, 0.25) is 0 Å². The Balaban J connectivity index is 2.58. The van der Waals surface area contributed by atoms with Gasteiger partial charge in [0.15, 0.2) is 0 Å². The minimum absolute atomic E-state index is 0.173. The maximum Gasteiger partial charge on any atom is 0.312 e. The van der Waals surface area contributed by atoms with Gasteiger partial charge in [-0.25, -0.2) is 0 Å². The number of carboxylic acid groups (broad SMARTS) is 4. The Kier molecular flexibility index (Phi) is 12.5. The van der Waals surface area contributed by atoms with Gasteiger partial charge in [-0.3, -0.25) is 19.2 Å². The molecule has 0 saturated carbocycles. The zero-order valence-corrected chi connectivity index (χ0v) is 41.4. The second kappa shape index (κ2) is 14.9. The van der Waals surface area contributed by atoms with Crippen LogP contribution >= 0.6 is 0 Å². The van der Waals surface area contributed by atoms with Crippen LogP contribution in [-0.4, -0.2) is 140 Å². The number of nitrogens with zero attached hydrogens (tertiary/aromatic N) is 4. The highest BCUT2D eigenvalue weighted by atomic mass is 16.4. The monoisotopic (exact) mass is 847 g/mol. The number of piperidine rings is 4. The van der Waals surface area contributed by atoms with Crippen molar-refractivity contribution in [1.29, 1.82) is 0 Å². The van der Waals surface area contributed by atoms with Crippen molar-refractivity contribution in [2.45, 2.75) is 165 Å². The summed E-state index contributed by atoms with van der Waals surface area (Å²) in [5.41, 5.74) is -14.4. The van der Waals surface area contributed by atoms with Crippen LogP contribution in [0.15, 0.2) is 0 Å². The maximum absolute atomic E-state index is 16.3. The van der Waals surface area contributed by atoms with E-state index in [9.17, 15) is 25.2 Å². The van der Waals surface area contributed by atoms with E-state index in [1.54, 1.807) is 0 Å². The first-order valence-electron chi connectivity index (χ1n) is 22.6. The number of rotatable bonds is 11. The first kappa shape index (κ1) is 50.4. The van der Waals surface area contributed by atoms with Crippen LogP contribution in [0.1, 0.15) is 143 Å². The van der Waals surface area contributed by atoms with E-state index < -0.39 is 114 Å².